The maximum absolute atomic E-state index is 12.9. The summed E-state index contributed by atoms with van der Waals surface area (Å²) in [5.41, 5.74) is 1.18. The van der Waals surface area contributed by atoms with E-state index in [0.29, 0.717) is 27.4 Å². The standard InChI is InChI=1S/C22H19ClN4O4S/c1-31-15-4-2-3-14(9-15)24-20(29)16-10-17(28)25-19-18(16)21(30)27-22(26-19)32-11-12-5-7-13(23)8-6-12/h2-9,16H,10-11H2,1H3,(H,24,29)(H2,25,26,27,28,30)/t16-/m1/s1. The fourth-order valence-electron chi connectivity index (χ4n) is 3.31. The second-order valence-corrected chi connectivity index (χ2v) is 8.48. The van der Waals surface area contributed by atoms with Gasteiger partial charge < -0.3 is 20.4 Å². The average Bonchev–Trinajstić information content (AvgIpc) is 2.78. The van der Waals surface area contributed by atoms with Crippen molar-refractivity contribution >= 4 is 46.7 Å². The maximum Gasteiger partial charge on any atom is 0.257 e. The molecule has 8 nitrogen and oxygen atoms in total. The van der Waals surface area contributed by atoms with E-state index >= 15 is 0 Å². The molecule has 0 unspecified atom stereocenters. The normalized spacial score (nSPS) is 14.9. The summed E-state index contributed by atoms with van der Waals surface area (Å²) in [6.07, 6.45) is -0.148. The van der Waals surface area contributed by atoms with Crippen LogP contribution in [0.3, 0.4) is 0 Å². The zero-order chi connectivity index (χ0) is 22.7. The third-order valence-electron chi connectivity index (χ3n) is 4.87. The third-order valence-corrected chi connectivity index (χ3v) is 6.07. The topological polar surface area (TPSA) is 113 Å². The molecule has 2 amide bonds. The zero-order valence-corrected chi connectivity index (χ0v) is 18.5. The first kappa shape index (κ1) is 21.9. The number of nitrogens with zero attached hydrogens (tertiary/aromatic N) is 1. The van der Waals surface area contributed by atoms with Gasteiger partial charge in [-0.15, -0.1) is 0 Å². The largest absolute Gasteiger partial charge is 0.497 e. The Kier molecular flexibility index (Phi) is 6.48. The highest BCUT2D eigenvalue weighted by atomic mass is 35.5. The second kappa shape index (κ2) is 9.46. The van der Waals surface area contributed by atoms with Gasteiger partial charge in [-0.2, -0.15) is 0 Å². The molecule has 0 fully saturated rings. The Labute approximate surface area is 192 Å². The molecule has 10 heteroatoms. The summed E-state index contributed by atoms with van der Waals surface area (Å²) >= 11 is 7.21. The molecule has 0 bridgehead atoms. The number of hydrogen-bond acceptors (Lipinski definition) is 6. The summed E-state index contributed by atoms with van der Waals surface area (Å²) < 4.78 is 5.16. The fraction of sp³-hybridized carbons (Fsp3) is 0.182. The molecule has 3 aromatic rings. The number of aromatic amines is 1. The molecular formula is C22H19ClN4O4S. The van der Waals surface area contributed by atoms with E-state index in [1.165, 1.54) is 18.9 Å². The molecule has 32 heavy (non-hydrogen) atoms. The number of thioether (sulfide) groups is 1. The zero-order valence-electron chi connectivity index (χ0n) is 17.0. The molecule has 0 aliphatic carbocycles. The van der Waals surface area contributed by atoms with Crippen molar-refractivity contribution in [3.8, 4) is 5.75 Å². The van der Waals surface area contributed by atoms with Crippen molar-refractivity contribution in [3.05, 3.63) is 75.0 Å². The van der Waals surface area contributed by atoms with Gasteiger partial charge in [0.1, 0.15) is 11.6 Å². The van der Waals surface area contributed by atoms with Crippen molar-refractivity contribution in [1.29, 1.82) is 0 Å². The number of aromatic nitrogens is 2. The number of anilines is 2. The van der Waals surface area contributed by atoms with Crippen molar-refractivity contribution < 1.29 is 14.3 Å². The van der Waals surface area contributed by atoms with Gasteiger partial charge in [-0.1, -0.05) is 41.6 Å². The molecule has 164 valence electrons. The van der Waals surface area contributed by atoms with Crippen LogP contribution >= 0.6 is 23.4 Å². The van der Waals surface area contributed by atoms with Crippen LogP contribution in [0, 0.1) is 0 Å². The number of amides is 2. The summed E-state index contributed by atoms with van der Waals surface area (Å²) in [5, 5.41) is 6.34. The van der Waals surface area contributed by atoms with Gasteiger partial charge in [0, 0.05) is 29.0 Å². The minimum absolute atomic E-state index is 0.106. The predicted molar refractivity (Wildman–Crippen MR) is 123 cm³/mol. The highest BCUT2D eigenvalue weighted by molar-refractivity contribution is 7.98. The van der Waals surface area contributed by atoms with Crippen LogP contribution in [0.4, 0.5) is 11.5 Å². The lowest BCUT2D eigenvalue weighted by Crippen LogP contribution is -2.36. The van der Waals surface area contributed by atoms with Crippen LogP contribution in [0.2, 0.25) is 5.02 Å². The molecule has 4 rings (SSSR count). The van der Waals surface area contributed by atoms with Crippen molar-refractivity contribution in [2.24, 2.45) is 0 Å². The Bertz CT molecular complexity index is 1230. The van der Waals surface area contributed by atoms with Gasteiger partial charge in [-0.25, -0.2) is 4.98 Å². The van der Waals surface area contributed by atoms with Crippen LogP contribution in [-0.4, -0.2) is 28.9 Å². The van der Waals surface area contributed by atoms with E-state index in [4.69, 9.17) is 16.3 Å². The van der Waals surface area contributed by atoms with E-state index in [1.54, 1.807) is 36.4 Å². The van der Waals surface area contributed by atoms with Gasteiger partial charge in [0.2, 0.25) is 11.8 Å². The quantitative estimate of drug-likeness (QED) is 0.373. The molecule has 0 spiro atoms. The van der Waals surface area contributed by atoms with Gasteiger partial charge in [0.05, 0.1) is 18.6 Å². The summed E-state index contributed by atoms with van der Waals surface area (Å²) in [5.74, 6) is -0.581. The Balaban J connectivity index is 1.56. The molecule has 3 N–H and O–H groups in total. The van der Waals surface area contributed by atoms with Crippen LogP contribution in [0.25, 0.3) is 0 Å². The van der Waals surface area contributed by atoms with Gasteiger partial charge >= 0.3 is 0 Å². The SMILES string of the molecule is COc1cccc(NC(=O)[C@@H]2CC(=O)Nc3nc(SCc4ccc(Cl)cc4)[nH]c(=O)c32)c1. The van der Waals surface area contributed by atoms with E-state index in [9.17, 15) is 14.4 Å². The summed E-state index contributed by atoms with van der Waals surface area (Å²) in [7, 11) is 1.52. The van der Waals surface area contributed by atoms with Gasteiger partial charge in [0.25, 0.3) is 5.56 Å². The number of methoxy groups -OCH3 is 1. The van der Waals surface area contributed by atoms with E-state index in [2.05, 4.69) is 20.6 Å². The fourth-order valence-corrected chi connectivity index (χ4v) is 4.25. The first-order chi connectivity index (χ1) is 15.4. The molecule has 0 radical (unpaired) electrons. The highest BCUT2D eigenvalue weighted by Gasteiger charge is 2.34. The van der Waals surface area contributed by atoms with Crippen LogP contribution in [0.15, 0.2) is 58.5 Å². The number of fused-ring (bicyclic) bond motifs is 1. The van der Waals surface area contributed by atoms with Crippen molar-refractivity contribution in [2.75, 3.05) is 17.7 Å². The number of carbonyl (C=O) groups excluding carboxylic acids is 2. The molecule has 1 atom stereocenters. The maximum atomic E-state index is 12.9. The van der Waals surface area contributed by atoms with E-state index < -0.39 is 17.4 Å². The molecule has 2 aromatic carbocycles. The monoisotopic (exact) mass is 470 g/mol. The van der Waals surface area contributed by atoms with Crippen molar-refractivity contribution in [2.45, 2.75) is 23.2 Å². The number of ether oxygens (including phenoxy) is 1. The van der Waals surface area contributed by atoms with Crippen molar-refractivity contribution in [3.63, 3.8) is 0 Å². The molecular weight excluding hydrogens is 452 g/mol. The molecule has 0 saturated heterocycles. The minimum Gasteiger partial charge on any atom is -0.497 e. The van der Waals surface area contributed by atoms with E-state index in [1.807, 2.05) is 12.1 Å². The smallest absolute Gasteiger partial charge is 0.257 e. The molecule has 1 aliphatic heterocycles. The lowest BCUT2D eigenvalue weighted by atomic mass is 9.92. The lowest BCUT2D eigenvalue weighted by molar-refractivity contribution is -0.123. The lowest BCUT2D eigenvalue weighted by Gasteiger charge is -2.23. The molecule has 1 aliphatic rings. The number of rotatable bonds is 6. The van der Waals surface area contributed by atoms with Gasteiger partial charge in [-0.05, 0) is 29.8 Å². The number of hydrogen-bond donors (Lipinski definition) is 3. The van der Waals surface area contributed by atoms with Crippen LogP contribution in [-0.2, 0) is 15.3 Å². The van der Waals surface area contributed by atoms with Crippen LogP contribution in [0.5, 0.6) is 5.75 Å². The number of halogens is 1. The first-order valence-corrected chi connectivity index (χ1v) is 11.1. The highest BCUT2D eigenvalue weighted by Crippen LogP contribution is 2.31. The van der Waals surface area contributed by atoms with Gasteiger partial charge in [0.15, 0.2) is 5.16 Å². The predicted octanol–water partition coefficient (Wildman–Crippen LogP) is 3.79. The van der Waals surface area contributed by atoms with Crippen LogP contribution < -0.4 is 20.9 Å². The van der Waals surface area contributed by atoms with E-state index in [0.717, 1.165) is 5.56 Å². The number of nitrogens with one attached hydrogen (secondary N) is 3. The molecule has 1 aromatic heterocycles. The Morgan fingerprint density at radius 1 is 1.25 bits per heavy atom. The number of carbonyl (C=O) groups is 2. The molecule has 2 heterocycles. The number of benzene rings is 2. The van der Waals surface area contributed by atoms with E-state index in [-0.39, 0.29) is 23.7 Å². The first-order valence-electron chi connectivity index (χ1n) is 9.69. The Hall–Kier alpha value is -3.30. The summed E-state index contributed by atoms with van der Waals surface area (Å²) in [4.78, 5) is 45.1. The van der Waals surface area contributed by atoms with Crippen molar-refractivity contribution in [1.82, 2.24) is 9.97 Å². The molecule has 0 saturated carbocycles. The summed E-state index contributed by atoms with van der Waals surface area (Å²) in [6.45, 7) is 0. The van der Waals surface area contributed by atoms with Gasteiger partial charge in [-0.3, -0.25) is 14.4 Å². The van der Waals surface area contributed by atoms with Crippen LogP contribution in [0.1, 0.15) is 23.5 Å². The minimum atomic E-state index is -0.962. The third kappa shape index (κ3) is 4.95. The number of H-pyrrole nitrogens is 1. The Morgan fingerprint density at radius 3 is 2.78 bits per heavy atom. The summed E-state index contributed by atoms with van der Waals surface area (Å²) in [6, 6.07) is 14.2. The Morgan fingerprint density at radius 2 is 2.03 bits per heavy atom. The second-order valence-electron chi connectivity index (χ2n) is 7.07. The average molecular weight is 471 g/mol.